The van der Waals surface area contributed by atoms with Gasteiger partial charge in [0, 0.05) is 0 Å². The van der Waals surface area contributed by atoms with Gasteiger partial charge in [0.15, 0.2) is 0 Å². The maximum absolute atomic E-state index is 12.5. The average molecular weight is 203 g/mol. The van der Waals surface area contributed by atoms with Gasteiger partial charge < -0.3 is 5.73 Å². The average Bonchev–Trinajstić information content (AvgIpc) is 2.14. The van der Waals surface area contributed by atoms with E-state index in [0.29, 0.717) is 0 Å². The molecule has 0 heterocycles. The van der Waals surface area contributed by atoms with E-state index in [2.05, 4.69) is 0 Å². The van der Waals surface area contributed by atoms with E-state index in [1.165, 1.54) is 12.1 Å². The molecule has 0 aliphatic rings. The topological polar surface area (TPSA) is 26.0 Å². The van der Waals surface area contributed by atoms with Gasteiger partial charge in [0.2, 0.25) is 0 Å². The minimum atomic E-state index is -4.21. The number of alkyl halides is 3. The van der Waals surface area contributed by atoms with E-state index in [9.17, 15) is 13.2 Å². The fourth-order valence-corrected chi connectivity index (χ4v) is 1.37. The highest BCUT2D eigenvalue weighted by atomic mass is 19.4. The molecule has 0 amide bonds. The zero-order valence-corrected chi connectivity index (χ0v) is 7.59. The first-order chi connectivity index (χ1) is 6.55. The third-order valence-corrected chi connectivity index (χ3v) is 2.05. The van der Waals surface area contributed by atoms with Crippen molar-refractivity contribution >= 4 is 0 Å². The van der Waals surface area contributed by atoms with Crippen LogP contribution in [0.1, 0.15) is 17.9 Å². The first kappa shape index (κ1) is 11.0. The predicted molar refractivity (Wildman–Crippen MR) is 48.9 cm³/mol. The van der Waals surface area contributed by atoms with E-state index in [4.69, 9.17) is 5.73 Å². The Balaban J connectivity index is 2.89. The molecule has 0 aliphatic heterocycles. The van der Waals surface area contributed by atoms with Crippen molar-refractivity contribution in [2.45, 2.75) is 18.5 Å². The summed E-state index contributed by atoms with van der Waals surface area (Å²) in [5, 5.41) is 0. The monoisotopic (exact) mass is 203 g/mol. The Bertz CT molecular complexity index is 268. The second kappa shape index (κ2) is 4.46. The summed E-state index contributed by atoms with van der Waals surface area (Å²) < 4.78 is 37.6. The highest BCUT2D eigenvalue weighted by Crippen LogP contribution is 2.36. The Morgan fingerprint density at radius 2 is 1.71 bits per heavy atom. The molecule has 0 aromatic heterocycles. The van der Waals surface area contributed by atoms with Gasteiger partial charge in [0.1, 0.15) is 0 Å². The van der Waals surface area contributed by atoms with E-state index in [0.717, 1.165) is 0 Å². The molecule has 0 saturated carbocycles. The maximum Gasteiger partial charge on any atom is 0.395 e. The number of hydrogen-bond donors (Lipinski definition) is 1. The second-order valence-corrected chi connectivity index (χ2v) is 3.08. The summed E-state index contributed by atoms with van der Waals surface area (Å²) in [6.07, 6.45) is -4.27. The second-order valence-electron chi connectivity index (χ2n) is 3.08. The molecular formula is C10H12F3N. The molecule has 1 unspecified atom stereocenters. The quantitative estimate of drug-likeness (QED) is 0.803. The van der Waals surface area contributed by atoms with E-state index < -0.39 is 12.1 Å². The molecule has 0 radical (unpaired) electrons. The molecular weight excluding hydrogens is 191 g/mol. The lowest BCUT2D eigenvalue weighted by Crippen LogP contribution is -2.23. The van der Waals surface area contributed by atoms with Gasteiger partial charge in [-0.25, -0.2) is 0 Å². The largest absolute Gasteiger partial charge is 0.395 e. The van der Waals surface area contributed by atoms with Crippen molar-refractivity contribution in [2.75, 3.05) is 6.54 Å². The van der Waals surface area contributed by atoms with Gasteiger partial charge in [0.05, 0.1) is 5.92 Å². The lowest BCUT2D eigenvalue weighted by Gasteiger charge is -2.19. The smallest absolute Gasteiger partial charge is 0.330 e. The fourth-order valence-electron chi connectivity index (χ4n) is 1.37. The van der Waals surface area contributed by atoms with Gasteiger partial charge in [0.25, 0.3) is 0 Å². The van der Waals surface area contributed by atoms with Gasteiger partial charge in [-0.2, -0.15) is 13.2 Å². The molecule has 1 nitrogen and oxygen atoms in total. The normalized spacial score (nSPS) is 14.0. The Morgan fingerprint density at radius 1 is 1.14 bits per heavy atom. The Hall–Kier alpha value is -1.03. The maximum atomic E-state index is 12.5. The summed E-state index contributed by atoms with van der Waals surface area (Å²) in [5.41, 5.74) is 5.45. The zero-order valence-electron chi connectivity index (χ0n) is 7.59. The van der Waals surface area contributed by atoms with Gasteiger partial charge in [-0.3, -0.25) is 0 Å². The van der Waals surface area contributed by atoms with Crippen LogP contribution in [-0.4, -0.2) is 12.7 Å². The predicted octanol–water partition coefficient (Wildman–Crippen LogP) is 2.68. The molecule has 0 spiro atoms. The van der Waals surface area contributed by atoms with Gasteiger partial charge in [-0.1, -0.05) is 30.3 Å². The number of benzene rings is 1. The summed E-state index contributed by atoms with van der Waals surface area (Å²) in [4.78, 5) is 0. The van der Waals surface area contributed by atoms with Crippen LogP contribution < -0.4 is 5.73 Å². The van der Waals surface area contributed by atoms with Crippen molar-refractivity contribution in [3.63, 3.8) is 0 Å². The van der Waals surface area contributed by atoms with Crippen LogP contribution in [0.2, 0.25) is 0 Å². The Morgan fingerprint density at radius 3 is 2.14 bits per heavy atom. The third kappa shape index (κ3) is 2.73. The molecule has 4 heteroatoms. The van der Waals surface area contributed by atoms with E-state index in [1.54, 1.807) is 18.2 Å². The van der Waals surface area contributed by atoms with Gasteiger partial charge in [-0.15, -0.1) is 0 Å². The number of rotatable bonds is 3. The molecule has 0 aliphatic carbocycles. The van der Waals surface area contributed by atoms with Crippen molar-refractivity contribution in [3.8, 4) is 0 Å². The molecule has 1 aromatic carbocycles. The summed E-state index contributed by atoms with van der Waals surface area (Å²) in [5.74, 6) is -1.44. The van der Waals surface area contributed by atoms with Crippen LogP contribution in [0.25, 0.3) is 0 Å². The van der Waals surface area contributed by atoms with Crippen LogP contribution in [0.5, 0.6) is 0 Å². The first-order valence-corrected chi connectivity index (χ1v) is 4.37. The van der Waals surface area contributed by atoms with Crippen LogP contribution in [0.15, 0.2) is 30.3 Å². The number of halogens is 3. The lowest BCUT2D eigenvalue weighted by molar-refractivity contribution is -0.151. The molecule has 14 heavy (non-hydrogen) atoms. The highest BCUT2D eigenvalue weighted by Gasteiger charge is 2.39. The summed E-state index contributed by atoms with van der Waals surface area (Å²) in [6.45, 7) is 0.0407. The minimum absolute atomic E-state index is 0.0407. The minimum Gasteiger partial charge on any atom is -0.330 e. The van der Waals surface area contributed by atoms with Crippen LogP contribution >= 0.6 is 0 Å². The lowest BCUT2D eigenvalue weighted by atomic mass is 9.95. The van der Waals surface area contributed by atoms with Crippen molar-refractivity contribution in [1.29, 1.82) is 0 Å². The Kier molecular flexibility index (Phi) is 3.52. The summed E-state index contributed by atoms with van der Waals surface area (Å²) in [7, 11) is 0. The molecule has 78 valence electrons. The highest BCUT2D eigenvalue weighted by molar-refractivity contribution is 5.20. The summed E-state index contributed by atoms with van der Waals surface area (Å²) in [6, 6.07) is 7.86. The fraction of sp³-hybridized carbons (Fsp3) is 0.400. The van der Waals surface area contributed by atoms with E-state index in [1.807, 2.05) is 0 Å². The van der Waals surface area contributed by atoms with Crippen LogP contribution in [0.4, 0.5) is 13.2 Å². The van der Waals surface area contributed by atoms with Gasteiger partial charge >= 0.3 is 6.18 Å². The zero-order chi connectivity index (χ0) is 10.6. The molecule has 1 atom stereocenters. The summed E-state index contributed by atoms with van der Waals surface area (Å²) >= 11 is 0. The van der Waals surface area contributed by atoms with Crippen molar-refractivity contribution in [1.82, 2.24) is 0 Å². The molecule has 1 rings (SSSR count). The van der Waals surface area contributed by atoms with Crippen LogP contribution in [-0.2, 0) is 0 Å². The number of nitrogens with two attached hydrogens (primary N) is 1. The Labute approximate surface area is 80.7 Å². The molecule has 0 bridgehead atoms. The van der Waals surface area contributed by atoms with E-state index >= 15 is 0 Å². The SMILES string of the molecule is NCCC(c1ccccc1)C(F)(F)F. The van der Waals surface area contributed by atoms with E-state index in [-0.39, 0.29) is 18.5 Å². The van der Waals surface area contributed by atoms with Crippen molar-refractivity contribution in [2.24, 2.45) is 5.73 Å². The third-order valence-electron chi connectivity index (χ3n) is 2.05. The van der Waals surface area contributed by atoms with Crippen LogP contribution in [0, 0.1) is 0 Å². The molecule has 0 fully saturated rings. The van der Waals surface area contributed by atoms with Crippen LogP contribution in [0.3, 0.4) is 0 Å². The first-order valence-electron chi connectivity index (χ1n) is 4.37. The molecule has 1 aromatic rings. The van der Waals surface area contributed by atoms with Crippen molar-refractivity contribution < 1.29 is 13.2 Å². The molecule has 2 N–H and O–H groups in total. The standard InChI is InChI=1S/C10H12F3N/c11-10(12,13)9(6-7-14)8-4-2-1-3-5-8/h1-5,9H,6-7,14H2. The van der Waals surface area contributed by atoms with Gasteiger partial charge in [-0.05, 0) is 18.5 Å². The van der Waals surface area contributed by atoms with Crippen molar-refractivity contribution in [3.05, 3.63) is 35.9 Å². The number of hydrogen-bond acceptors (Lipinski definition) is 1. The molecule has 0 saturated heterocycles.